The van der Waals surface area contributed by atoms with E-state index >= 15 is 0 Å². The van der Waals surface area contributed by atoms with Gasteiger partial charge in [-0.2, -0.15) is 12.6 Å². The van der Waals surface area contributed by atoms with Crippen molar-refractivity contribution in [1.82, 2.24) is 4.90 Å². The first kappa shape index (κ1) is 32.2. The summed E-state index contributed by atoms with van der Waals surface area (Å²) in [5.41, 5.74) is 13.0. The van der Waals surface area contributed by atoms with Gasteiger partial charge in [-0.3, -0.25) is 9.69 Å². The van der Waals surface area contributed by atoms with Crippen LogP contribution in [0.4, 0.5) is 8.78 Å². The molecule has 1 heterocycles. The number of nitrogens with zero attached hydrogens (tertiary/aromatic N) is 1. The third-order valence-corrected chi connectivity index (χ3v) is 4.42. The Balaban J connectivity index is 0. The highest BCUT2D eigenvalue weighted by Crippen LogP contribution is 2.25. The fourth-order valence-electron chi connectivity index (χ4n) is 3.15. The van der Waals surface area contributed by atoms with Crippen LogP contribution in [0.15, 0.2) is 48.5 Å². The zero-order valence-corrected chi connectivity index (χ0v) is 21.2. The molecular formula is C25H41F2N3OS. The molecule has 32 heavy (non-hydrogen) atoms. The van der Waals surface area contributed by atoms with Crippen molar-refractivity contribution in [2.45, 2.75) is 59.3 Å². The molecule has 3 unspecified atom stereocenters. The Morgan fingerprint density at radius 2 is 1.56 bits per heavy atom. The summed E-state index contributed by atoms with van der Waals surface area (Å²) in [6, 6.07) is 14.0. The third kappa shape index (κ3) is 11.6. The summed E-state index contributed by atoms with van der Waals surface area (Å²) in [5, 5.41) is 0. The number of benzene rings is 2. The second kappa shape index (κ2) is 19.7. The molecule has 0 aliphatic carbocycles. The zero-order valence-electron chi connectivity index (χ0n) is 20.3. The number of rotatable bonds is 3. The van der Waals surface area contributed by atoms with Crippen LogP contribution < -0.4 is 11.5 Å². The number of hydrogen-bond donors (Lipinski definition) is 3. The van der Waals surface area contributed by atoms with E-state index in [2.05, 4.69) is 18.4 Å². The number of carbonyl (C=O) groups is 1. The number of thiol groups is 1. The summed E-state index contributed by atoms with van der Waals surface area (Å²) in [4.78, 5) is 10.6. The summed E-state index contributed by atoms with van der Waals surface area (Å²) in [6.45, 7) is 10.4. The van der Waals surface area contributed by atoms with Crippen LogP contribution in [0.3, 0.4) is 0 Å². The minimum atomic E-state index is -0.971. The molecule has 0 bridgehead atoms. The average molecular weight is 470 g/mol. The fraction of sp³-hybridized carbons (Fsp3) is 0.480. The molecular weight excluding hydrogens is 428 g/mol. The van der Waals surface area contributed by atoms with Crippen LogP contribution in [-0.4, -0.2) is 48.9 Å². The predicted octanol–water partition coefficient (Wildman–Crippen LogP) is 5.10. The molecule has 0 spiro atoms. The van der Waals surface area contributed by atoms with Crippen molar-refractivity contribution in [2.24, 2.45) is 11.5 Å². The molecule has 1 saturated heterocycles. The Morgan fingerprint density at radius 1 is 1.09 bits per heavy atom. The standard InChI is InChI=1S/C18H20F2N2.C2H6S.2C2H6.CH3NO/c1-22-11-16(20)18(21)17(22)9-12-4-2-5-13(8-12)14-6-3-7-15(19)10-14;1-2-3;2*1-2;2-1-3/h2-8,10,16-18H,9,11,21H2,1H3;3H,2H2,1H3;2*1-2H3;1H,(H2,2,3). The maximum atomic E-state index is 13.7. The molecule has 0 radical (unpaired) electrons. The highest BCUT2D eigenvalue weighted by atomic mass is 32.1. The van der Waals surface area contributed by atoms with E-state index in [0.717, 1.165) is 22.4 Å². The summed E-state index contributed by atoms with van der Waals surface area (Å²) >= 11 is 3.79. The van der Waals surface area contributed by atoms with Crippen LogP contribution in [0.2, 0.25) is 0 Å². The first-order chi connectivity index (χ1) is 15.4. The number of amides is 1. The first-order valence-corrected chi connectivity index (χ1v) is 11.7. The van der Waals surface area contributed by atoms with E-state index in [1.54, 1.807) is 6.07 Å². The number of likely N-dealkylation sites (N-methyl/N-ethyl adjacent to an activating group) is 1. The minimum absolute atomic E-state index is 0.00207. The van der Waals surface area contributed by atoms with Crippen LogP contribution in [0.5, 0.6) is 0 Å². The maximum absolute atomic E-state index is 13.7. The van der Waals surface area contributed by atoms with Gasteiger partial charge < -0.3 is 11.5 Å². The Morgan fingerprint density at radius 3 is 2.00 bits per heavy atom. The van der Waals surface area contributed by atoms with Crippen molar-refractivity contribution in [3.05, 3.63) is 59.9 Å². The van der Waals surface area contributed by atoms with Gasteiger partial charge in [-0.1, -0.05) is 71.0 Å². The van der Waals surface area contributed by atoms with Crippen LogP contribution in [0, 0.1) is 5.82 Å². The summed E-state index contributed by atoms with van der Waals surface area (Å²) in [6.07, 6.45) is -0.0252. The number of likely N-dealkylation sites (tertiary alicyclic amines) is 1. The van der Waals surface area contributed by atoms with Gasteiger partial charge in [0, 0.05) is 12.6 Å². The van der Waals surface area contributed by atoms with Gasteiger partial charge in [0.1, 0.15) is 12.0 Å². The van der Waals surface area contributed by atoms with Crippen molar-refractivity contribution >= 4 is 19.0 Å². The lowest BCUT2D eigenvalue weighted by Gasteiger charge is -2.22. The Hall–Kier alpha value is -1.96. The van der Waals surface area contributed by atoms with Gasteiger partial charge in [0.05, 0.1) is 6.04 Å². The number of nitrogens with two attached hydrogens (primary N) is 2. The summed E-state index contributed by atoms with van der Waals surface area (Å²) in [5.74, 6) is 0.695. The first-order valence-electron chi connectivity index (χ1n) is 11.1. The van der Waals surface area contributed by atoms with Gasteiger partial charge in [-0.05, 0) is 48.0 Å². The molecule has 4 nitrogen and oxygen atoms in total. The molecule has 3 atom stereocenters. The van der Waals surface area contributed by atoms with E-state index in [-0.39, 0.29) is 18.3 Å². The molecule has 182 valence electrons. The molecule has 7 heteroatoms. The predicted molar refractivity (Wildman–Crippen MR) is 137 cm³/mol. The van der Waals surface area contributed by atoms with Gasteiger partial charge in [-0.15, -0.1) is 0 Å². The molecule has 1 aliphatic heterocycles. The van der Waals surface area contributed by atoms with Crippen molar-refractivity contribution in [3.63, 3.8) is 0 Å². The monoisotopic (exact) mass is 469 g/mol. The van der Waals surface area contributed by atoms with Gasteiger partial charge in [0.15, 0.2) is 0 Å². The van der Waals surface area contributed by atoms with Crippen molar-refractivity contribution in [1.29, 1.82) is 0 Å². The van der Waals surface area contributed by atoms with Crippen molar-refractivity contribution in [2.75, 3.05) is 19.3 Å². The maximum Gasteiger partial charge on any atom is 0.204 e. The fourth-order valence-corrected chi connectivity index (χ4v) is 3.15. The van der Waals surface area contributed by atoms with Crippen LogP contribution in [-0.2, 0) is 11.2 Å². The topological polar surface area (TPSA) is 72.3 Å². The molecule has 2 aromatic carbocycles. The third-order valence-electron chi connectivity index (χ3n) is 4.42. The Kier molecular flexibility index (Phi) is 19.8. The van der Waals surface area contributed by atoms with Crippen LogP contribution in [0.1, 0.15) is 40.2 Å². The molecule has 1 amide bonds. The van der Waals surface area contributed by atoms with E-state index in [1.165, 1.54) is 12.1 Å². The van der Waals surface area contributed by atoms with Gasteiger partial charge in [0.2, 0.25) is 6.41 Å². The SMILES string of the molecule is CC.CC.CCS.CN1CC(F)C(N)C1Cc1cccc(-c2cccc(F)c2)c1.NC=O. The molecule has 2 aromatic rings. The summed E-state index contributed by atoms with van der Waals surface area (Å²) < 4.78 is 27.1. The number of primary amides is 1. The lowest BCUT2D eigenvalue weighted by atomic mass is 9.97. The Bertz CT molecular complexity index is 734. The van der Waals surface area contributed by atoms with Gasteiger partial charge in [-0.25, -0.2) is 8.78 Å². The average Bonchev–Trinajstić information content (AvgIpc) is 3.04. The number of carbonyl (C=O) groups excluding carboxylic acids is 1. The minimum Gasteiger partial charge on any atom is -0.372 e. The molecule has 0 aromatic heterocycles. The van der Waals surface area contributed by atoms with E-state index in [4.69, 9.17) is 10.5 Å². The van der Waals surface area contributed by atoms with Crippen LogP contribution in [0.25, 0.3) is 11.1 Å². The number of halogens is 2. The highest BCUT2D eigenvalue weighted by Gasteiger charge is 2.37. The van der Waals surface area contributed by atoms with Crippen molar-refractivity contribution in [3.8, 4) is 11.1 Å². The number of alkyl halides is 1. The second-order valence-corrected chi connectivity index (χ2v) is 7.10. The lowest BCUT2D eigenvalue weighted by molar-refractivity contribution is -0.106. The largest absolute Gasteiger partial charge is 0.372 e. The van der Waals surface area contributed by atoms with E-state index in [9.17, 15) is 8.78 Å². The Labute approximate surface area is 198 Å². The second-order valence-electron chi connectivity index (χ2n) is 6.47. The summed E-state index contributed by atoms with van der Waals surface area (Å²) in [7, 11) is 1.90. The molecule has 0 saturated carbocycles. The molecule has 1 fully saturated rings. The zero-order chi connectivity index (χ0) is 25.1. The lowest BCUT2D eigenvalue weighted by Crippen LogP contribution is -2.41. The number of hydrogen-bond acceptors (Lipinski definition) is 4. The van der Waals surface area contributed by atoms with E-state index in [1.807, 2.05) is 76.9 Å². The highest BCUT2D eigenvalue weighted by molar-refractivity contribution is 7.80. The molecule has 3 rings (SSSR count). The van der Waals surface area contributed by atoms with Gasteiger partial charge >= 0.3 is 0 Å². The molecule has 1 aliphatic rings. The van der Waals surface area contributed by atoms with Crippen molar-refractivity contribution < 1.29 is 13.6 Å². The quantitative estimate of drug-likeness (QED) is 0.432. The normalized spacial score (nSPS) is 18.9. The molecule has 4 N–H and O–H groups in total. The van der Waals surface area contributed by atoms with Gasteiger partial charge in [0.25, 0.3) is 0 Å². The van der Waals surface area contributed by atoms with Crippen LogP contribution >= 0.6 is 12.6 Å². The smallest absolute Gasteiger partial charge is 0.204 e. The van der Waals surface area contributed by atoms with E-state index in [0.29, 0.717) is 13.0 Å². The van der Waals surface area contributed by atoms with E-state index < -0.39 is 12.2 Å².